The molecular formula is C26H21N. The number of anilines is 1. The van der Waals surface area contributed by atoms with Gasteiger partial charge in [-0.15, -0.1) is 0 Å². The molecule has 1 nitrogen and oxygen atoms in total. The first-order valence-electron chi connectivity index (χ1n) is 9.47. The minimum absolute atomic E-state index is 0.318. The third kappa shape index (κ3) is 2.92. The Morgan fingerprint density at radius 1 is 0.667 bits per heavy atom. The monoisotopic (exact) mass is 347 g/mol. The zero-order valence-electron chi connectivity index (χ0n) is 15.1. The van der Waals surface area contributed by atoms with E-state index in [-0.39, 0.29) is 0 Å². The van der Waals surface area contributed by atoms with Crippen LogP contribution in [-0.2, 0) is 6.54 Å². The number of para-hydroxylation sites is 1. The van der Waals surface area contributed by atoms with E-state index in [2.05, 4.69) is 108 Å². The molecular weight excluding hydrogens is 326 g/mol. The van der Waals surface area contributed by atoms with Crippen LogP contribution >= 0.6 is 0 Å². The van der Waals surface area contributed by atoms with Gasteiger partial charge in [-0.1, -0.05) is 91.0 Å². The zero-order chi connectivity index (χ0) is 18.1. The summed E-state index contributed by atoms with van der Waals surface area (Å²) >= 11 is 0. The van der Waals surface area contributed by atoms with Gasteiger partial charge >= 0.3 is 0 Å². The summed E-state index contributed by atoms with van der Waals surface area (Å²) in [6.45, 7) is 0.813. The fourth-order valence-corrected chi connectivity index (χ4v) is 4.11. The second-order valence-electron chi connectivity index (χ2n) is 7.04. The van der Waals surface area contributed by atoms with E-state index >= 15 is 0 Å². The average Bonchev–Trinajstić information content (AvgIpc) is 3.16. The molecule has 0 saturated carbocycles. The van der Waals surface area contributed by atoms with E-state index in [1.54, 1.807) is 0 Å². The normalized spacial score (nSPS) is 15.0. The molecule has 1 atom stereocenters. The van der Waals surface area contributed by atoms with Crippen molar-refractivity contribution in [2.75, 3.05) is 5.32 Å². The van der Waals surface area contributed by atoms with Crippen molar-refractivity contribution in [1.82, 2.24) is 0 Å². The molecule has 1 heteroatoms. The van der Waals surface area contributed by atoms with Crippen molar-refractivity contribution < 1.29 is 0 Å². The third-order valence-corrected chi connectivity index (χ3v) is 5.45. The maximum Gasteiger partial charge on any atom is 0.0410 e. The summed E-state index contributed by atoms with van der Waals surface area (Å²) in [5.74, 6) is 0.318. The van der Waals surface area contributed by atoms with E-state index < -0.39 is 0 Å². The highest BCUT2D eigenvalue weighted by Gasteiger charge is 2.22. The first-order valence-corrected chi connectivity index (χ1v) is 9.47. The molecule has 0 heterocycles. The fraction of sp³-hybridized carbons (Fsp3) is 0.0769. The van der Waals surface area contributed by atoms with Gasteiger partial charge in [0, 0.05) is 18.2 Å². The highest BCUT2D eigenvalue weighted by atomic mass is 14.9. The molecule has 0 aromatic heterocycles. The lowest BCUT2D eigenvalue weighted by atomic mass is 9.87. The largest absolute Gasteiger partial charge is 0.381 e. The number of hydrogen-bond donors (Lipinski definition) is 1. The van der Waals surface area contributed by atoms with Gasteiger partial charge in [0.1, 0.15) is 0 Å². The molecule has 0 fully saturated rings. The van der Waals surface area contributed by atoms with Crippen LogP contribution in [0.4, 0.5) is 5.69 Å². The minimum atomic E-state index is 0.318. The van der Waals surface area contributed by atoms with Crippen molar-refractivity contribution in [2.24, 2.45) is 0 Å². The summed E-state index contributed by atoms with van der Waals surface area (Å²) in [6.07, 6.45) is 4.59. The van der Waals surface area contributed by atoms with Crippen LogP contribution in [0.3, 0.4) is 0 Å². The number of nitrogens with one attached hydrogen (secondary N) is 1. The molecule has 0 radical (unpaired) electrons. The molecule has 0 amide bonds. The van der Waals surface area contributed by atoms with Crippen molar-refractivity contribution in [2.45, 2.75) is 12.5 Å². The summed E-state index contributed by atoms with van der Waals surface area (Å²) in [5.41, 5.74) is 6.65. The van der Waals surface area contributed by atoms with Crippen LogP contribution in [-0.4, -0.2) is 0 Å². The van der Waals surface area contributed by atoms with Gasteiger partial charge in [-0.2, -0.15) is 0 Å². The van der Waals surface area contributed by atoms with E-state index in [0.717, 1.165) is 12.2 Å². The van der Waals surface area contributed by atoms with Crippen LogP contribution in [0.2, 0.25) is 0 Å². The highest BCUT2D eigenvalue weighted by molar-refractivity contribution is 5.88. The predicted octanol–water partition coefficient (Wildman–Crippen LogP) is 6.61. The molecule has 1 N–H and O–H groups in total. The van der Waals surface area contributed by atoms with Crippen LogP contribution in [0.25, 0.3) is 16.8 Å². The molecule has 1 aliphatic carbocycles. The first-order chi connectivity index (χ1) is 13.4. The van der Waals surface area contributed by atoms with Crippen molar-refractivity contribution >= 4 is 22.5 Å². The summed E-state index contributed by atoms with van der Waals surface area (Å²) in [6, 6.07) is 32.4. The van der Waals surface area contributed by atoms with Gasteiger partial charge < -0.3 is 5.32 Å². The number of rotatable bonds is 4. The molecule has 0 spiro atoms. The van der Waals surface area contributed by atoms with Crippen LogP contribution in [0, 0.1) is 0 Å². The first kappa shape index (κ1) is 15.9. The third-order valence-electron chi connectivity index (χ3n) is 5.45. The molecule has 130 valence electrons. The number of allylic oxidation sites excluding steroid dienone is 1. The number of fused-ring (bicyclic) bond motifs is 2. The molecule has 4 aromatic rings. The highest BCUT2D eigenvalue weighted by Crippen LogP contribution is 2.39. The fourth-order valence-electron chi connectivity index (χ4n) is 4.11. The van der Waals surface area contributed by atoms with Crippen LogP contribution in [0.15, 0.2) is 97.1 Å². The maximum atomic E-state index is 3.62. The second kappa shape index (κ2) is 6.77. The Morgan fingerprint density at radius 3 is 2.37 bits per heavy atom. The maximum absolute atomic E-state index is 3.62. The van der Waals surface area contributed by atoms with Crippen LogP contribution in [0.1, 0.15) is 28.2 Å². The summed E-state index contributed by atoms with van der Waals surface area (Å²) in [7, 11) is 0. The van der Waals surface area contributed by atoms with E-state index in [1.165, 1.54) is 33.0 Å². The molecule has 0 bridgehead atoms. The molecule has 1 aliphatic rings. The molecule has 0 saturated heterocycles. The molecule has 0 aliphatic heterocycles. The Balaban J connectivity index is 1.61. The van der Waals surface area contributed by atoms with Crippen molar-refractivity contribution in [3.05, 3.63) is 119 Å². The topological polar surface area (TPSA) is 12.0 Å². The van der Waals surface area contributed by atoms with E-state index in [1.807, 2.05) is 0 Å². The van der Waals surface area contributed by atoms with Gasteiger partial charge in [0.05, 0.1) is 0 Å². The summed E-state index contributed by atoms with van der Waals surface area (Å²) in [4.78, 5) is 0. The Labute approximate surface area is 160 Å². The molecule has 27 heavy (non-hydrogen) atoms. The van der Waals surface area contributed by atoms with Gasteiger partial charge in [0.2, 0.25) is 0 Å². The average molecular weight is 347 g/mol. The Kier molecular flexibility index (Phi) is 3.99. The quantitative estimate of drug-likeness (QED) is 0.438. The summed E-state index contributed by atoms with van der Waals surface area (Å²) in [5, 5.41) is 6.24. The van der Waals surface area contributed by atoms with Gasteiger partial charge in [-0.25, -0.2) is 0 Å². The van der Waals surface area contributed by atoms with Gasteiger partial charge in [0.25, 0.3) is 0 Å². The van der Waals surface area contributed by atoms with Crippen molar-refractivity contribution in [1.29, 1.82) is 0 Å². The zero-order valence-corrected chi connectivity index (χ0v) is 15.1. The lowest BCUT2D eigenvalue weighted by Crippen LogP contribution is -2.07. The van der Waals surface area contributed by atoms with E-state index in [0.29, 0.717) is 5.92 Å². The Hall–Kier alpha value is -3.32. The Bertz CT molecular complexity index is 1130. The van der Waals surface area contributed by atoms with Gasteiger partial charge in [-0.05, 0) is 45.2 Å². The lowest BCUT2D eigenvalue weighted by Gasteiger charge is -2.19. The van der Waals surface area contributed by atoms with E-state index in [9.17, 15) is 0 Å². The van der Waals surface area contributed by atoms with Gasteiger partial charge in [-0.3, -0.25) is 0 Å². The van der Waals surface area contributed by atoms with Crippen LogP contribution in [0.5, 0.6) is 0 Å². The number of hydrogen-bond acceptors (Lipinski definition) is 1. The molecule has 1 unspecified atom stereocenters. The SMILES string of the molecule is C1=CC(c2ccc3ccccc3c2CNc2ccccc2)c2ccccc21. The predicted molar refractivity (Wildman–Crippen MR) is 115 cm³/mol. The number of benzene rings is 4. The van der Waals surface area contributed by atoms with Crippen molar-refractivity contribution in [3.8, 4) is 0 Å². The molecule has 5 rings (SSSR count). The van der Waals surface area contributed by atoms with Gasteiger partial charge in [0.15, 0.2) is 0 Å². The van der Waals surface area contributed by atoms with Crippen LogP contribution < -0.4 is 5.32 Å². The Morgan fingerprint density at radius 2 is 1.44 bits per heavy atom. The molecule has 4 aromatic carbocycles. The van der Waals surface area contributed by atoms with E-state index in [4.69, 9.17) is 0 Å². The summed E-state index contributed by atoms with van der Waals surface area (Å²) < 4.78 is 0. The smallest absolute Gasteiger partial charge is 0.0410 e. The minimum Gasteiger partial charge on any atom is -0.381 e. The van der Waals surface area contributed by atoms with Crippen molar-refractivity contribution in [3.63, 3.8) is 0 Å². The lowest BCUT2D eigenvalue weighted by molar-refractivity contribution is 1.00. The standard InChI is InChI=1S/C26H21N/c1-2-10-21(11-3-1)27-18-26-23-13-7-5-9-20(23)15-17-25(26)24-16-14-19-8-4-6-12-22(19)24/h1-17,24,27H,18H2. The second-order valence-corrected chi connectivity index (χ2v) is 7.04.